The first-order valence-electron chi connectivity index (χ1n) is 9.66. The third-order valence-corrected chi connectivity index (χ3v) is 5.91. The maximum atomic E-state index is 14.8. The molecule has 0 bridgehead atoms. The van der Waals surface area contributed by atoms with E-state index in [1.165, 1.54) is 12.1 Å². The molecule has 3 N–H and O–H groups in total. The van der Waals surface area contributed by atoms with Gasteiger partial charge in [-0.15, -0.1) is 0 Å². The van der Waals surface area contributed by atoms with Crippen LogP contribution in [0.3, 0.4) is 0 Å². The number of benzene rings is 2. The fraction of sp³-hybridized carbons (Fsp3) is 0.217. The first kappa shape index (κ1) is 18.6. The maximum Gasteiger partial charge on any atom is 0.260 e. The van der Waals surface area contributed by atoms with Gasteiger partial charge in [-0.05, 0) is 43.0 Å². The number of hydrogen-bond donors (Lipinski definition) is 3. The standard InChI is InChI=1S/C23H19FN2O4/c1-12-8-19(30-26-12)21(28)20-16-9-15(17(24)10-18(16)25-22(20)29)13-2-4-14(5-3-13)23(11-27)6-7-23/h2-5,8-10,27-28H,6-7,11H2,1H3,(H,25,29)/b21-20+. The van der Waals surface area contributed by atoms with E-state index < -0.39 is 11.7 Å². The van der Waals surface area contributed by atoms with Gasteiger partial charge in [-0.3, -0.25) is 4.79 Å². The molecule has 2 aromatic carbocycles. The van der Waals surface area contributed by atoms with Gasteiger partial charge in [0.1, 0.15) is 5.82 Å². The largest absolute Gasteiger partial charge is 0.504 e. The fourth-order valence-corrected chi connectivity index (χ4v) is 3.94. The van der Waals surface area contributed by atoms with Crippen molar-refractivity contribution in [1.82, 2.24) is 5.16 Å². The SMILES string of the molecule is Cc1cc(/C(O)=C2\C(=O)Nc3cc(F)c(-c4ccc(C5(CO)CC5)cc4)cc32)on1. The number of carbonyl (C=O) groups is 1. The number of aliphatic hydroxyl groups is 2. The van der Waals surface area contributed by atoms with Gasteiger partial charge in [0, 0.05) is 22.6 Å². The van der Waals surface area contributed by atoms with Crippen LogP contribution < -0.4 is 5.32 Å². The van der Waals surface area contributed by atoms with E-state index in [0.717, 1.165) is 18.4 Å². The summed E-state index contributed by atoms with van der Waals surface area (Å²) in [7, 11) is 0. The highest BCUT2D eigenvalue weighted by Gasteiger charge is 2.43. The van der Waals surface area contributed by atoms with Crippen LogP contribution in [0.5, 0.6) is 0 Å². The van der Waals surface area contributed by atoms with Crippen LogP contribution in [0, 0.1) is 12.7 Å². The summed E-state index contributed by atoms with van der Waals surface area (Å²) in [5.74, 6) is -1.30. The second-order valence-corrected chi connectivity index (χ2v) is 7.90. The topological polar surface area (TPSA) is 95.6 Å². The highest BCUT2D eigenvalue weighted by atomic mass is 19.1. The summed E-state index contributed by atoms with van der Waals surface area (Å²) in [5.41, 5.74) is 3.07. The molecule has 152 valence electrons. The maximum absolute atomic E-state index is 14.8. The van der Waals surface area contributed by atoms with E-state index in [-0.39, 0.29) is 34.8 Å². The third kappa shape index (κ3) is 2.81. The number of aromatic nitrogens is 1. The molecule has 30 heavy (non-hydrogen) atoms. The number of carbonyl (C=O) groups excluding carboxylic acids is 1. The van der Waals surface area contributed by atoms with Crippen molar-refractivity contribution in [3.8, 4) is 11.1 Å². The fourth-order valence-electron chi connectivity index (χ4n) is 3.94. The Balaban J connectivity index is 1.59. The quantitative estimate of drug-likeness (QED) is 0.446. The zero-order valence-corrected chi connectivity index (χ0v) is 16.2. The van der Waals surface area contributed by atoms with E-state index in [1.54, 1.807) is 13.0 Å². The molecule has 7 heteroatoms. The number of hydrogen-bond acceptors (Lipinski definition) is 5. The number of rotatable bonds is 4. The highest BCUT2D eigenvalue weighted by Crippen LogP contribution is 2.48. The van der Waals surface area contributed by atoms with E-state index >= 15 is 0 Å². The molecule has 1 fully saturated rings. The average molecular weight is 406 g/mol. The summed E-state index contributed by atoms with van der Waals surface area (Å²) in [6.45, 7) is 1.80. The molecule has 1 amide bonds. The van der Waals surface area contributed by atoms with Crippen LogP contribution in [0.1, 0.15) is 35.4 Å². The van der Waals surface area contributed by atoms with Gasteiger partial charge in [0.25, 0.3) is 5.91 Å². The van der Waals surface area contributed by atoms with E-state index in [4.69, 9.17) is 4.52 Å². The van der Waals surface area contributed by atoms with Gasteiger partial charge >= 0.3 is 0 Å². The summed E-state index contributed by atoms with van der Waals surface area (Å²) >= 11 is 0. The van der Waals surface area contributed by atoms with Gasteiger partial charge in [-0.2, -0.15) is 0 Å². The minimum absolute atomic E-state index is 0.0104. The van der Waals surface area contributed by atoms with Crippen LogP contribution in [0.2, 0.25) is 0 Å². The van der Waals surface area contributed by atoms with Gasteiger partial charge in [0.15, 0.2) is 5.76 Å². The lowest BCUT2D eigenvalue weighted by atomic mass is 9.93. The van der Waals surface area contributed by atoms with Gasteiger partial charge in [0.05, 0.1) is 23.6 Å². The Morgan fingerprint density at radius 1 is 1.20 bits per heavy atom. The first-order valence-corrected chi connectivity index (χ1v) is 9.66. The Morgan fingerprint density at radius 2 is 1.93 bits per heavy atom. The third-order valence-electron chi connectivity index (χ3n) is 5.91. The highest BCUT2D eigenvalue weighted by molar-refractivity contribution is 6.36. The van der Waals surface area contributed by atoms with Crippen molar-refractivity contribution >= 4 is 22.9 Å². The van der Waals surface area contributed by atoms with Crippen LogP contribution >= 0.6 is 0 Å². The van der Waals surface area contributed by atoms with Gasteiger partial charge in [-0.25, -0.2) is 4.39 Å². The summed E-state index contributed by atoms with van der Waals surface area (Å²) in [5, 5.41) is 26.5. The zero-order chi connectivity index (χ0) is 21.0. The van der Waals surface area contributed by atoms with Crippen LogP contribution in [0.4, 0.5) is 10.1 Å². The number of aliphatic hydroxyl groups excluding tert-OH is 2. The Labute approximate surface area is 171 Å². The number of amides is 1. The monoisotopic (exact) mass is 406 g/mol. The number of nitrogens with one attached hydrogen (secondary N) is 1. The minimum Gasteiger partial charge on any atom is -0.504 e. The van der Waals surface area contributed by atoms with E-state index in [9.17, 15) is 19.4 Å². The van der Waals surface area contributed by atoms with Crippen molar-refractivity contribution in [1.29, 1.82) is 0 Å². The molecule has 0 unspecified atom stereocenters. The van der Waals surface area contributed by atoms with Crippen LogP contribution in [-0.4, -0.2) is 27.9 Å². The molecule has 0 radical (unpaired) electrons. The lowest BCUT2D eigenvalue weighted by Crippen LogP contribution is -2.11. The van der Waals surface area contributed by atoms with Crippen LogP contribution in [-0.2, 0) is 10.2 Å². The molecule has 0 saturated heterocycles. The molecule has 1 saturated carbocycles. The van der Waals surface area contributed by atoms with Crippen molar-refractivity contribution in [3.63, 3.8) is 0 Å². The molecule has 3 aromatic rings. The molecule has 5 rings (SSSR count). The molecule has 1 aromatic heterocycles. The Kier molecular flexibility index (Phi) is 4.04. The summed E-state index contributed by atoms with van der Waals surface area (Å²) in [4.78, 5) is 12.5. The van der Waals surface area contributed by atoms with Gasteiger partial charge in [0.2, 0.25) is 5.76 Å². The molecule has 1 aliphatic carbocycles. The molecular formula is C23H19FN2O4. The van der Waals surface area contributed by atoms with Crippen molar-refractivity contribution in [2.45, 2.75) is 25.2 Å². The summed E-state index contributed by atoms with van der Waals surface area (Å²) < 4.78 is 19.9. The Morgan fingerprint density at radius 3 is 2.53 bits per heavy atom. The predicted octanol–water partition coefficient (Wildman–Crippen LogP) is 4.19. The summed E-state index contributed by atoms with van der Waals surface area (Å²) in [6.07, 6.45) is 1.89. The molecule has 2 aliphatic rings. The van der Waals surface area contributed by atoms with Gasteiger partial charge < -0.3 is 20.1 Å². The second-order valence-electron chi connectivity index (χ2n) is 7.90. The Hall–Kier alpha value is -3.45. The molecule has 2 heterocycles. The van der Waals surface area contributed by atoms with E-state index in [0.29, 0.717) is 22.4 Å². The van der Waals surface area contributed by atoms with Crippen molar-refractivity contribution in [3.05, 3.63) is 70.9 Å². The molecule has 6 nitrogen and oxygen atoms in total. The second kappa shape index (κ2) is 6.53. The van der Waals surface area contributed by atoms with E-state index in [2.05, 4.69) is 10.5 Å². The predicted molar refractivity (Wildman–Crippen MR) is 109 cm³/mol. The van der Waals surface area contributed by atoms with E-state index in [1.807, 2.05) is 24.3 Å². The Bertz CT molecular complexity index is 1210. The number of halogens is 1. The molecule has 0 atom stereocenters. The van der Waals surface area contributed by atoms with Crippen molar-refractivity contribution in [2.75, 3.05) is 11.9 Å². The molecular weight excluding hydrogens is 387 g/mol. The normalized spacial score (nSPS) is 18.2. The van der Waals surface area contributed by atoms with Crippen LogP contribution in [0.15, 0.2) is 47.0 Å². The number of aryl methyl sites for hydroxylation is 1. The molecule has 0 spiro atoms. The number of nitrogens with zero attached hydrogens (tertiary/aromatic N) is 1. The molecule has 1 aliphatic heterocycles. The average Bonchev–Trinajstić information content (AvgIpc) is 3.32. The van der Waals surface area contributed by atoms with Crippen molar-refractivity contribution in [2.24, 2.45) is 0 Å². The lowest BCUT2D eigenvalue weighted by molar-refractivity contribution is -0.110. The first-order chi connectivity index (χ1) is 14.4. The minimum atomic E-state index is -0.540. The van der Waals surface area contributed by atoms with Crippen molar-refractivity contribution < 1.29 is 23.9 Å². The lowest BCUT2D eigenvalue weighted by Gasteiger charge is -2.13. The van der Waals surface area contributed by atoms with Crippen LogP contribution in [0.25, 0.3) is 22.5 Å². The number of fused-ring (bicyclic) bond motifs is 1. The number of anilines is 1. The zero-order valence-electron chi connectivity index (χ0n) is 16.2. The summed E-state index contributed by atoms with van der Waals surface area (Å²) in [6, 6.07) is 11.7. The van der Waals surface area contributed by atoms with Gasteiger partial charge in [-0.1, -0.05) is 29.4 Å². The smallest absolute Gasteiger partial charge is 0.260 e.